The van der Waals surface area contributed by atoms with Gasteiger partial charge >= 0.3 is 0 Å². The molecule has 0 N–H and O–H groups in total. The van der Waals surface area contributed by atoms with Crippen LogP contribution < -0.4 is 0 Å². The summed E-state index contributed by atoms with van der Waals surface area (Å²) in [6, 6.07) is 0. The summed E-state index contributed by atoms with van der Waals surface area (Å²) in [4.78, 5) is 8.69. The number of hydrogen-bond donors (Lipinski definition) is 0. The summed E-state index contributed by atoms with van der Waals surface area (Å²) in [5.41, 5.74) is 1.99. The van der Waals surface area contributed by atoms with E-state index < -0.39 is 0 Å². The molecule has 2 radical (unpaired) electrons. The van der Waals surface area contributed by atoms with Gasteiger partial charge in [-0.05, 0) is 12.3 Å². The van der Waals surface area contributed by atoms with Gasteiger partial charge in [-0.15, -0.1) is 0 Å². The highest BCUT2D eigenvalue weighted by atomic mass is 14.8. The van der Waals surface area contributed by atoms with Gasteiger partial charge in [-0.25, -0.2) is 0 Å². The lowest BCUT2D eigenvalue weighted by atomic mass is 9.69. The summed E-state index contributed by atoms with van der Waals surface area (Å²) in [5.74, 6) is 0.433. The van der Waals surface area contributed by atoms with Crippen LogP contribution in [0.4, 0.5) is 0 Å². The maximum absolute atomic E-state index is 5.90. The molecule has 0 aliphatic heterocycles. The minimum absolute atomic E-state index is 0.214. The molecule has 0 aromatic carbocycles. The molecular weight excluding hydrogens is 171 g/mol. The van der Waals surface area contributed by atoms with E-state index in [0.717, 1.165) is 17.8 Å². The Balaban J connectivity index is 2.74. The SMILES string of the molecule is [B]C(C)(C)Cc1cnc(C(C)C)cn1. The van der Waals surface area contributed by atoms with Crippen LogP contribution in [0.15, 0.2) is 12.4 Å². The standard InChI is InChI=1S/C11H17BN2/c1-8(2)10-7-13-9(6-14-10)5-11(3,4)12/h6-8H,5H2,1-4H3. The van der Waals surface area contributed by atoms with Crippen LogP contribution in [0, 0.1) is 0 Å². The Kier molecular flexibility index (Phi) is 3.30. The van der Waals surface area contributed by atoms with E-state index in [9.17, 15) is 0 Å². The molecule has 1 rings (SSSR count). The quantitative estimate of drug-likeness (QED) is 0.681. The van der Waals surface area contributed by atoms with Gasteiger partial charge in [0.1, 0.15) is 0 Å². The molecule has 0 aliphatic rings. The first-order chi connectivity index (χ1) is 6.38. The summed E-state index contributed by atoms with van der Waals surface area (Å²) in [6.07, 6.45) is 4.42. The van der Waals surface area contributed by atoms with Crippen molar-refractivity contribution in [2.45, 2.75) is 45.3 Å². The molecule has 2 nitrogen and oxygen atoms in total. The van der Waals surface area contributed by atoms with E-state index >= 15 is 0 Å². The van der Waals surface area contributed by atoms with E-state index in [1.54, 1.807) is 0 Å². The molecule has 0 bridgehead atoms. The molecule has 3 heteroatoms. The number of nitrogens with zero attached hydrogens (tertiary/aromatic N) is 2. The summed E-state index contributed by atoms with van der Waals surface area (Å²) < 4.78 is 0. The van der Waals surface area contributed by atoms with Crippen molar-refractivity contribution in [2.75, 3.05) is 0 Å². The van der Waals surface area contributed by atoms with Crippen LogP contribution in [0.2, 0.25) is 5.31 Å². The van der Waals surface area contributed by atoms with Gasteiger partial charge in [0.15, 0.2) is 0 Å². The summed E-state index contributed by atoms with van der Waals surface area (Å²) in [6.45, 7) is 8.20. The molecule has 0 saturated heterocycles. The molecule has 0 saturated carbocycles. The van der Waals surface area contributed by atoms with Gasteiger partial charge in [0, 0.05) is 12.4 Å². The predicted octanol–water partition coefficient (Wildman–Crippen LogP) is 2.51. The van der Waals surface area contributed by atoms with Crippen LogP contribution in [0.1, 0.15) is 45.0 Å². The van der Waals surface area contributed by atoms with Gasteiger partial charge < -0.3 is 0 Å². The number of aromatic nitrogens is 2. The fraction of sp³-hybridized carbons (Fsp3) is 0.636. The van der Waals surface area contributed by atoms with E-state index in [0.29, 0.717) is 5.92 Å². The van der Waals surface area contributed by atoms with Crippen molar-refractivity contribution in [3.63, 3.8) is 0 Å². The van der Waals surface area contributed by atoms with E-state index in [-0.39, 0.29) is 5.31 Å². The number of rotatable bonds is 3. The molecule has 1 heterocycles. The van der Waals surface area contributed by atoms with Crippen molar-refractivity contribution < 1.29 is 0 Å². The van der Waals surface area contributed by atoms with Crippen LogP contribution in [-0.4, -0.2) is 17.8 Å². The largest absolute Gasteiger partial charge is 0.258 e. The highest BCUT2D eigenvalue weighted by molar-refractivity contribution is 6.14. The molecule has 0 amide bonds. The molecule has 0 unspecified atom stereocenters. The van der Waals surface area contributed by atoms with Gasteiger partial charge in [-0.1, -0.05) is 33.0 Å². The highest BCUT2D eigenvalue weighted by Gasteiger charge is 2.12. The first-order valence-corrected chi connectivity index (χ1v) is 4.98. The average Bonchev–Trinajstić information content (AvgIpc) is 2.02. The monoisotopic (exact) mass is 188 g/mol. The van der Waals surface area contributed by atoms with Crippen LogP contribution in [0.5, 0.6) is 0 Å². The molecule has 1 aromatic rings. The highest BCUT2D eigenvalue weighted by Crippen LogP contribution is 2.23. The van der Waals surface area contributed by atoms with E-state index in [1.807, 2.05) is 26.2 Å². The first kappa shape index (κ1) is 11.2. The summed E-state index contributed by atoms with van der Waals surface area (Å²) >= 11 is 0. The van der Waals surface area contributed by atoms with Gasteiger partial charge in [0.05, 0.1) is 19.2 Å². The molecule has 0 spiro atoms. The van der Waals surface area contributed by atoms with E-state index in [2.05, 4.69) is 23.8 Å². The third-order valence-electron chi connectivity index (χ3n) is 1.95. The maximum Gasteiger partial charge on any atom is 0.0744 e. The second kappa shape index (κ2) is 4.12. The summed E-state index contributed by atoms with van der Waals surface area (Å²) in [5, 5.41) is -0.214. The topological polar surface area (TPSA) is 25.8 Å². The lowest BCUT2D eigenvalue weighted by Gasteiger charge is -2.17. The van der Waals surface area contributed by atoms with Crippen molar-refractivity contribution in [1.29, 1.82) is 0 Å². The van der Waals surface area contributed by atoms with Crippen molar-refractivity contribution in [1.82, 2.24) is 9.97 Å². The zero-order chi connectivity index (χ0) is 10.8. The van der Waals surface area contributed by atoms with Gasteiger partial charge in [0.25, 0.3) is 0 Å². The van der Waals surface area contributed by atoms with Crippen LogP contribution >= 0.6 is 0 Å². The Bertz CT molecular complexity index is 285. The zero-order valence-electron chi connectivity index (χ0n) is 9.41. The fourth-order valence-electron chi connectivity index (χ4n) is 1.22. The third kappa shape index (κ3) is 3.48. The minimum atomic E-state index is -0.214. The first-order valence-electron chi connectivity index (χ1n) is 4.98. The maximum atomic E-state index is 5.90. The van der Waals surface area contributed by atoms with Crippen LogP contribution in [0.25, 0.3) is 0 Å². The molecule has 1 aromatic heterocycles. The Labute approximate surface area is 87.6 Å². The Morgan fingerprint density at radius 1 is 1.29 bits per heavy atom. The normalized spacial score (nSPS) is 12.1. The van der Waals surface area contributed by atoms with E-state index in [1.165, 1.54) is 0 Å². The molecule has 0 fully saturated rings. The van der Waals surface area contributed by atoms with Crippen molar-refractivity contribution in [3.8, 4) is 0 Å². The summed E-state index contributed by atoms with van der Waals surface area (Å²) in [7, 11) is 5.90. The van der Waals surface area contributed by atoms with Crippen molar-refractivity contribution in [2.24, 2.45) is 0 Å². The fourth-order valence-corrected chi connectivity index (χ4v) is 1.22. The third-order valence-corrected chi connectivity index (χ3v) is 1.95. The van der Waals surface area contributed by atoms with Crippen molar-refractivity contribution >= 4 is 7.85 Å². The Hall–Kier alpha value is -0.855. The Morgan fingerprint density at radius 2 is 1.93 bits per heavy atom. The molecule has 0 aliphatic carbocycles. The lowest BCUT2D eigenvalue weighted by Crippen LogP contribution is -2.08. The second-order valence-corrected chi connectivity index (χ2v) is 4.75. The average molecular weight is 188 g/mol. The second-order valence-electron chi connectivity index (χ2n) is 4.75. The van der Waals surface area contributed by atoms with Gasteiger partial charge in [0.2, 0.25) is 0 Å². The lowest BCUT2D eigenvalue weighted by molar-refractivity contribution is 0.656. The molecule has 0 atom stereocenters. The van der Waals surface area contributed by atoms with Gasteiger partial charge in [-0.2, -0.15) is 0 Å². The van der Waals surface area contributed by atoms with Crippen molar-refractivity contribution in [3.05, 3.63) is 23.8 Å². The smallest absolute Gasteiger partial charge is 0.0744 e. The molecular formula is C11H17BN2. The molecule has 74 valence electrons. The predicted molar refractivity (Wildman–Crippen MR) is 59.6 cm³/mol. The zero-order valence-corrected chi connectivity index (χ0v) is 9.41. The van der Waals surface area contributed by atoms with Crippen LogP contribution in [-0.2, 0) is 6.42 Å². The van der Waals surface area contributed by atoms with Crippen LogP contribution in [0.3, 0.4) is 0 Å². The minimum Gasteiger partial charge on any atom is -0.258 e. The van der Waals surface area contributed by atoms with E-state index in [4.69, 9.17) is 7.85 Å². The number of hydrogen-bond acceptors (Lipinski definition) is 2. The Morgan fingerprint density at radius 3 is 2.29 bits per heavy atom. The van der Waals surface area contributed by atoms with Gasteiger partial charge in [-0.3, -0.25) is 9.97 Å². The molecule has 14 heavy (non-hydrogen) atoms.